The lowest BCUT2D eigenvalue weighted by molar-refractivity contribution is 0.0439. The van der Waals surface area contributed by atoms with E-state index < -0.39 is 0 Å². The number of rotatable bonds is 5. The van der Waals surface area contributed by atoms with Crippen LogP contribution in [0.4, 0.5) is 0 Å². The molecule has 0 radical (unpaired) electrons. The maximum absolute atomic E-state index is 5.52. The second-order valence-corrected chi connectivity index (χ2v) is 3.70. The summed E-state index contributed by atoms with van der Waals surface area (Å²) in [6, 6.07) is 3.74. The van der Waals surface area contributed by atoms with E-state index in [1.165, 1.54) is 12.8 Å². The molecule has 0 bridgehead atoms. The first-order valence-electron chi connectivity index (χ1n) is 4.89. The molecule has 14 heavy (non-hydrogen) atoms. The minimum absolute atomic E-state index is 0.0394. The van der Waals surface area contributed by atoms with Gasteiger partial charge in [0, 0.05) is 7.11 Å². The molecule has 0 amide bonds. The van der Waals surface area contributed by atoms with Crippen molar-refractivity contribution in [3.8, 4) is 0 Å². The molecule has 1 heterocycles. The second kappa shape index (κ2) is 4.13. The molecule has 1 saturated carbocycles. The van der Waals surface area contributed by atoms with Crippen LogP contribution in [0.2, 0.25) is 0 Å². The highest BCUT2D eigenvalue weighted by Gasteiger charge is 2.38. The largest absolute Gasteiger partial charge is 0.468 e. The van der Waals surface area contributed by atoms with Gasteiger partial charge in [-0.15, -0.1) is 0 Å². The van der Waals surface area contributed by atoms with Crippen molar-refractivity contribution in [2.75, 3.05) is 7.11 Å². The zero-order valence-electron chi connectivity index (χ0n) is 8.27. The van der Waals surface area contributed by atoms with Gasteiger partial charge in [-0.1, -0.05) is 0 Å². The molecular formula is C10H16N2O2. The van der Waals surface area contributed by atoms with Gasteiger partial charge in [0.25, 0.3) is 0 Å². The Hall–Kier alpha value is -0.840. The van der Waals surface area contributed by atoms with Gasteiger partial charge in [-0.3, -0.25) is 5.84 Å². The molecule has 78 valence electrons. The molecular weight excluding hydrogens is 180 g/mol. The van der Waals surface area contributed by atoms with Crippen LogP contribution in [0, 0.1) is 5.92 Å². The smallest absolute Gasteiger partial charge is 0.124 e. The van der Waals surface area contributed by atoms with E-state index in [9.17, 15) is 0 Å². The predicted octanol–water partition coefficient (Wildman–Crippen LogP) is 1.21. The summed E-state index contributed by atoms with van der Waals surface area (Å²) in [5.74, 6) is 6.97. The van der Waals surface area contributed by atoms with E-state index in [1.807, 2.05) is 12.1 Å². The van der Waals surface area contributed by atoms with E-state index in [0.29, 0.717) is 5.92 Å². The minimum Gasteiger partial charge on any atom is -0.468 e. The standard InChI is InChI=1S/C10H16N2O2/c1-13-10(7-4-5-7)9(12-11)8-3-2-6-14-8/h2-3,6-7,9-10,12H,4-5,11H2,1H3. The van der Waals surface area contributed by atoms with Crippen LogP contribution in [0.3, 0.4) is 0 Å². The highest BCUT2D eigenvalue weighted by molar-refractivity contribution is 5.08. The summed E-state index contributed by atoms with van der Waals surface area (Å²) in [6.45, 7) is 0. The van der Waals surface area contributed by atoms with Crippen LogP contribution in [0.25, 0.3) is 0 Å². The molecule has 0 aliphatic heterocycles. The van der Waals surface area contributed by atoms with Crippen molar-refractivity contribution in [1.29, 1.82) is 0 Å². The molecule has 4 nitrogen and oxygen atoms in total. The van der Waals surface area contributed by atoms with Crippen molar-refractivity contribution in [2.45, 2.75) is 25.0 Å². The summed E-state index contributed by atoms with van der Waals surface area (Å²) in [5.41, 5.74) is 2.76. The molecule has 1 aromatic heterocycles. The lowest BCUT2D eigenvalue weighted by Gasteiger charge is -2.23. The lowest BCUT2D eigenvalue weighted by Crippen LogP contribution is -2.38. The van der Waals surface area contributed by atoms with Crippen molar-refractivity contribution in [2.24, 2.45) is 11.8 Å². The molecule has 1 aromatic rings. The van der Waals surface area contributed by atoms with Crippen LogP contribution in [0.15, 0.2) is 22.8 Å². The topological polar surface area (TPSA) is 60.4 Å². The summed E-state index contributed by atoms with van der Waals surface area (Å²) >= 11 is 0. The minimum atomic E-state index is -0.0394. The number of hydrogen-bond acceptors (Lipinski definition) is 4. The molecule has 4 heteroatoms. The number of furan rings is 1. The van der Waals surface area contributed by atoms with E-state index in [2.05, 4.69) is 5.43 Å². The zero-order valence-corrected chi connectivity index (χ0v) is 8.27. The van der Waals surface area contributed by atoms with Gasteiger partial charge in [0.1, 0.15) is 11.8 Å². The normalized spacial score (nSPS) is 20.7. The fourth-order valence-corrected chi connectivity index (χ4v) is 1.83. The number of nitrogens with two attached hydrogens (primary N) is 1. The van der Waals surface area contributed by atoms with Gasteiger partial charge in [-0.05, 0) is 30.9 Å². The Bertz CT molecular complexity index is 270. The quantitative estimate of drug-likeness (QED) is 0.549. The van der Waals surface area contributed by atoms with Crippen LogP contribution in [0.5, 0.6) is 0 Å². The van der Waals surface area contributed by atoms with Crippen molar-refractivity contribution < 1.29 is 9.15 Å². The van der Waals surface area contributed by atoms with Gasteiger partial charge in [0.05, 0.1) is 12.4 Å². The van der Waals surface area contributed by atoms with E-state index in [4.69, 9.17) is 15.0 Å². The summed E-state index contributed by atoms with van der Waals surface area (Å²) < 4.78 is 10.8. The van der Waals surface area contributed by atoms with Gasteiger partial charge < -0.3 is 9.15 Å². The Morgan fingerprint density at radius 3 is 2.86 bits per heavy atom. The van der Waals surface area contributed by atoms with Crippen LogP contribution < -0.4 is 11.3 Å². The third kappa shape index (κ3) is 1.82. The Balaban J connectivity index is 2.10. The van der Waals surface area contributed by atoms with E-state index in [0.717, 1.165) is 5.76 Å². The third-order valence-electron chi connectivity index (χ3n) is 2.72. The SMILES string of the molecule is COC(C1CC1)C(NN)c1ccco1. The second-order valence-electron chi connectivity index (χ2n) is 3.70. The first-order valence-corrected chi connectivity index (χ1v) is 4.89. The Morgan fingerprint density at radius 2 is 2.43 bits per heavy atom. The maximum Gasteiger partial charge on any atom is 0.124 e. The van der Waals surface area contributed by atoms with Gasteiger partial charge in [0.2, 0.25) is 0 Å². The van der Waals surface area contributed by atoms with Crippen molar-refractivity contribution >= 4 is 0 Å². The maximum atomic E-state index is 5.52. The Morgan fingerprint density at radius 1 is 1.64 bits per heavy atom. The molecule has 1 aliphatic rings. The van der Waals surface area contributed by atoms with Gasteiger partial charge >= 0.3 is 0 Å². The fourth-order valence-electron chi connectivity index (χ4n) is 1.83. The molecule has 3 N–H and O–H groups in total. The average molecular weight is 196 g/mol. The van der Waals surface area contributed by atoms with Gasteiger partial charge in [-0.2, -0.15) is 0 Å². The molecule has 0 saturated heterocycles. The van der Waals surface area contributed by atoms with Crippen LogP contribution in [-0.4, -0.2) is 13.2 Å². The Labute approximate surface area is 83.4 Å². The molecule has 2 unspecified atom stereocenters. The van der Waals surface area contributed by atoms with Crippen LogP contribution in [0.1, 0.15) is 24.6 Å². The predicted molar refractivity (Wildman–Crippen MR) is 52.3 cm³/mol. The highest BCUT2D eigenvalue weighted by atomic mass is 16.5. The molecule has 1 fully saturated rings. The van der Waals surface area contributed by atoms with Gasteiger partial charge in [0.15, 0.2) is 0 Å². The summed E-state index contributed by atoms with van der Waals surface area (Å²) in [4.78, 5) is 0. The first kappa shape index (κ1) is 9.71. The number of hydrogen-bond donors (Lipinski definition) is 2. The van der Waals surface area contributed by atoms with E-state index in [-0.39, 0.29) is 12.1 Å². The number of nitrogens with one attached hydrogen (secondary N) is 1. The van der Waals surface area contributed by atoms with Crippen molar-refractivity contribution in [1.82, 2.24) is 5.43 Å². The van der Waals surface area contributed by atoms with E-state index >= 15 is 0 Å². The Kier molecular flexibility index (Phi) is 2.86. The molecule has 1 aliphatic carbocycles. The summed E-state index contributed by atoms with van der Waals surface area (Å²) in [6.07, 6.45) is 4.21. The first-order chi connectivity index (χ1) is 6.86. The average Bonchev–Trinajstić information content (AvgIpc) is 2.90. The fraction of sp³-hybridized carbons (Fsp3) is 0.600. The molecule has 0 aromatic carbocycles. The van der Waals surface area contributed by atoms with Crippen molar-refractivity contribution in [3.63, 3.8) is 0 Å². The third-order valence-corrected chi connectivity index (χ3v) is 2.72. The van der Waals surface area contributed by atoms with Crippen molar-refractivity contribution in [3.05, 3.63) is 24.2 Å². The lowest BCUT2D eigenvalue weighted by atomic mass is 10.0. The van der Waals surface area contributed by atoms with Gasteiger partial charge in [-0.25, -0.2) is 5.43 Å². The number of hydrazine groups is 1. The molecule has 2 rings (SSSR count). The van der Waals surface area contributed by atoms with E-state index in [1.54, 1.807) is 13.4 Å². The zero-order chi connectivity index (χ0) is 9.97. The number of ether oxygens (including phenoxy) is 1. The summed E-state index contributed by atoms with van der Waals surface area (Å²) in [5, 5.41) is 0. The molecule has 0 spiro atoms. The molecule has 2 atom stereocenters. The summed E-state index contributed by atoms with van der Waals surface area (Å²) in [7, 11) is 1.72. The van der Waals surface area contributed by atoms with Crippen LogP contribution >= 0.6 is 0 Å². The monoisotopic (exact) mass is 196 g/mol. The number of methoxy groups -OCH3 is 1. The highest BCUT2D eigenvalue weighted by Crippen LogP contribution is 2.39. The van der Waals surface area contributed by atoms with Crippen LogP contribution in [-0.2, 0) is 4.74 Å².